The van der Waals surface area contributed by atoms with E-state index in [9.17, 15) is 4.79 Å². The van der Waals surface area contributed by atoms with Gasteiger partial charge in [-0.1, -0.05) is 23.7 Å². The number of nitrogens with one attached hydrogen (secondary N) is 1. The van der Waals surface area contributed by atoms with Gasteiger partial charge in [0.1, 0.15) is 0 Å². The number of urea groups is 1. The van der Waals surface area contributed by atoms with Gasteiger partial charge in [-0.3, -0.25) is 4.84 Å². The van der Waals surface area contributed by atoms with Crippen LogP contribution in [-0.4, -0.2) is 38.0 Å². The lowest BCUT2D eigenvalue weighted by Gasteiger charge is -2.28. The highest BCUT2D eigenvalue weighted by atomic mass is 35.5. The lowest BCUT2D eigenvalue weighted by Crippen LogP contribution is -2.44. The molecule has 1 saturated heterocycles. The maximum absolute atomic E-state index is 12.2. The number of methoxy groups -OCH3 is 1. The maximum atomic E-state index is 12.2. The van der Waals surface area contributed by atoms with Gasteiger partial charge in [0.05, 0.1) is 19.2 Å². The van der Waals surface area contributed by atoms with Crippen LogP contribution >= 0.6 is 11.6 Å². The molecule has 116 valence electrons. The average molecular weight is 313 g/mol. The smallest absolute Gasteiger partial charge is 0.341 e. The number of rotatable bonds is 5. The van der Waals surface area contributed by atoms with Crippen LogP contribution in [0.2, 0.25) is 5.02 Å². The van der Waals surface area contributed by atoms with Crippen LogP contribution in [0.25, 0.3) is 0 Å². The first kappa shape index (κ1) is 16.1. The van der Waals surface area contributed by atoms with Gasteiger partial charge in [-0.05, 0) is 37.0 Å². The molecule has 1 aliphatic rings. The molecule has 6 heteroatoms. The third-order valence-corrected chi connectivity index (χ3v) is 3.66. The van der Waals surface area contributed by atoms with Gasteiger partial charge in [-0.15, -0.1) is 0 Å². The fourth-order valence-electron chi connectivity index (χ4n) is 2.23. The average Bonchev–Trinajstić information content (AvgIpc) is 2.53. The van der Waals surface area contributed by atoms with E-state index in [0.717, 1.165) is 18.4 Å². The van der Waals surface area contributed by atoms with Crippen LogP contribution in [0, 0.1) is 0 Å². The predicted molar refractivity (Wildman–Crippen MR) is 81.1 cm³/mol. The molecule has 21 heavy (non-hydrogen) atoms. The normalized spacial score (nSPS) is 16.6. The van der Waals surface area contributed by atoms with E-state index in [0.29, 0.717) is 31.2 Å². The van der Waals surface area contributed by atoms with Crippen LogP contribution < -0.4 is 5.32 Å². The van der Waals surface area contributed by atoms with Gasteiger partial charge in [0.25, 0.3) is 0 Å². The molecule has 1 heterocycles. The van der Waals surface area contributed by atoms with Gasteiger partial charge in [0, 0.05) is 18.7 Å². The van der Waals surface area contributed by atoms with E-state index in [1.54, 1.807) is 7.11 Å². The monoisotopic (exact) mass is 312 g/mol. The van der Waals surface area contributed by atoms with Crippen molar-refractivity contribution in [2.45, 2.75) is 25.3 Å². The van der Waals surface area contributed by atoms with Gasteiger partial charge >= 0.3 is 6.03 Å². The van der Waals surface area contributed by atoms with Crippen LogP contribution in [0.3, 0.4) is 0 Å². The molecule has 1 atom stereocenters. The Morgan fingerprint density at radius 1 is 1.43 bits per heavy atom. The van der Waals surface area contributed by atoms with Crippen molar-refractivity contribution in [1.82, 2.24) is 10.4 Å². The summed E-state index contributed by atoms with van der Waals surface area (Å²) in [6.45, 7) is 1.79. The van der Waals surface area contributed by atoms with Crippen LogP contribution in [0.15, 0.2) is 24.3 Å². The zero-order valence-corrected chi connectivity index (χ0v) is 12.9. The summed E-state index contributed by atoms with van der Waals surface area (Å²) >= 11 is 5.91. The van der Waals surface area contributed by atoms with Crippen molar-refractivity contribution in [2.24, 2.45) is 0 Å². The van der Waals surface area contributed by atoms with E-state index in [4.69, 9.17) is 21.2 Å². The Balaban J connectivity index is 2.01. The summed E-state index contributed by atoms with van der Waals surface area (Å²) in [5.74, 6) is 0. The number of carbonyl (C=O) groups is 1. The number of benzene rings is 1. The largest absolute Gasteiger partial charge is 0.385 e. The molecule has 0 spiro atoms. The SMILES string of the molecule is COCC[C@H](NC(=O)N1CCCCO1)c1ccc(Cl)cc1. The highest BCUT2D eigenvalue weighted by Crippen LogP contribution is 2.20. The van der Waals surface area contributed by atoms with Crippen LogP contribution in [0.4, 0.5) is 4.79 Å². The first-order valence-corrected chi connectivity index (χ1v) is 7.54. The standard InChI is InChI=1S/C15H21ClN2O3/c1-20-11-8-14(12-4-6-13(16)7-5-12)17-15(19)18-9-2-3-10-21-18/h4-7,14H,2-3,8-11H2,1H3,(H,17,19)/t14-/m0/s1. The van der Waals surface area contributed by atoms with Gasteiger partial charge < -0.3 is 10.1 Å². The minimum Gasteiger partial charge on any atom is -0.385 e. The predicted octanol–water partition coefficient (Wildman–Crippen LogP) is 3.15. The molecule has 2 rings (SSSR count). The van der Waals surface area contributed by atoms with Crippen molar-refractivity contribution >= 4 is 17.6 Å². The molecule has 1 aliphatic heterocycles. The molecule has 0 aliphatic carbocycles. The molecule has 0 bridgehead atoms. The Bertz CT molecular complexity index is 447. The molecule has 0 saturated carbocycles. The minimum atomic E-state index is -0.203. The molecule has 0 aromatic heterocycles. The van der Waals surface area contributed by atoms with E-state index in [2.05, 4.69) is 5.32 Å². The van der Waals surface area contributed by atoms with Crippen molar-refractivity contribution in [3.05, 3.63) is 34.9 Å². The lowest BCUT2D eigenvalue weighted by molar-refractivity contribution is -0.140. The number of nitrogens with zero attached hydrogens (tertiary/aromatic N) is 1. The second-order valence-electron chi connectivity index (χ2n) is 4.98. The van der Waals surface area contributed by atoms with Gasteiger partial charge in [0.2, 0.25) is 0 Å². The third kappa shape index (κ3) is 4.88. The number of hydroxylamine groups is 2. The molecule has 1 fully saturated rings. The Morgan fingerprint density at radius 2 is 2.19 bits per heavy atom. The molecule has 2 amide bonds. The maximum Gasteiger partial charge on any atom is 0.341 e. The fourth-order valence-corrected chi connectivity index (χ4v) is 2.36. The van der Waals surface area contributed by atoms with Gasteiger partial charge in [-0.2, -0.15) is 0 Å². The van der Waals surface area contributed by atoms with E-state index in [1.807, 2.05) is 24.3 Å². The molecule has 1 aromatic rings. The van der Waals surface area contributed by atoms with E-state index < -0.39 is 0 Å². The van der Waals surface area contributed by atoms with Crippen molar-refractivity contribution < 1.29 is 14.4 Å². The van der Waals surface area contributed by atoms with E-state index in [1.165, 1.54) is 5.06 Å². The summed E-state index contributed by atoms with van der Waals surface area (Å²) in [5, 5.41) is 5.07. The van der Waals surface area contributed by atoms with Crippen molar-refractivity contribution in [3.8, 4) is 0 Å². The fraction of sp³-hybridized carbons (Fsp3) is 0.533. The zero-order valence-electron chi connectivity index (χ0n) is 12.2. The van der Waals surface area contributed by atoms with Gasteiger partial charge in [0.15, 0.2) is 0 Å². The number of ether oxygens (including phenoxy) is 1. The number of hydrogen-bond donors (Lipinski definition) is 1. The van der Waals surface area contributed by atoms with Crippen LogP contribution in [0.5, 0.6) is 0 Å². The van der Waals surface area contributed by atoms with Gasteiger partial charge in [-0.25, -0.2) is 9.86 Å². The zero-order chi connectivity index (χ0) is 15.1. The molecular weight excluding hydrogens is 292 g/mol. The Kier molecular flexibility index (Phi) is 6.29. The topological polar surface area (TPSA) is 50.8 Å². The molecule has 0 radical (unpaired) electrons. The third-order valence-electron chi connectivity index (χ3n) is 3.41. The molecule has 1 aromatic carbocycles. The molecule has 0 unspecified atom stereocenters. The van der Waals surface area contributed by atoms with Crippen molar-refractivity contribution in [3.63, 3.8) is 0 Å². The minimum absolute atomic E-state index is 0.125. The highest BCUT2D eigenvalue weighted by molar-refractivity contribution is 6.30. The molecule has 5 nitrogen and oxygen atoms in total. The molecular formula is C15H21ClN2O3. The Hall–Kier alpha value is -1.30. The second kappa shape index (κ2) is 8.22. The number of amides is 2. The first-order valence-electron chi connectivity index (χ1n) is 7.16. The Morgan fingerprint density at radius 3 is 2.81 bits per heavy atom. The van der Waals surface area contributed by atoms with Crippen LogP contribution in [-0.2, 0) is 9.57 Å². The second-order valence-corrected chi connectivity index (χ2v) is 5.41. The number of halogens is 1. The first-order chi connectivity index (χ1) is 10.2. The Labute approximate surface area is 130 Å². The molecule has 1 N–H and O–H groups in total. The van der Waals surface area contributed by atoms with E-state index >= 15 is 0 Å². The number of hydrogen-bond acceptors (Lipinski definition) is 3. The van der Waals surface area contributed by atoms with E-state index in [-0.39, 0.29) is 12.1 Å². The van der Waals surface area contributed by atoms with Crippen molar-refractivity contribution in [1.29, 1.82) is 0 Å². The van der Waals surface area contributed by atoms with Crippen molar-refractivity contribution in [2.75, 3.05) is 26.9 Å². The summed E-state index contributed by atoms with van der Waals surface area (Å²) in [7, 11) is 1.65. The highest BCUT2D eigenvalue weighted by Gasteiger charge is 2.21. The van der Waals surface area contributed by atoms with Crippen LogP contribution in [0.1, 0.15) is 30.9 Å². The summed E-state index contributed by atoms with van der Waals surface area (Å²) < 4.78 is 5.12. The summed E-state index contributed by atoms with van der Waals surface area (Å²) in [6, 6.07) is 7.14. The lowest BCUT2D eigenvalue weighted by atomic mass is 10.0. The summed E-state index contributed by atoms with van der Waals surface area (Å²) in [6.07, 6.45) is 2.66. The summed E-state index contributed by atoms with van der Waals surface area (Å²) in [5.41, 5.74) is 1.00. The quantitative estimate of drug-likeness (QED) is 0.908. The number of carbonyl (C=O) groups excluding carboxylic acids is 1. The summed E-state index contributed by atoms with van der Waals surface area (Å²) in [4.78, 5) is 17.6.